The van der Waals surface area contributed by atoms with Crippen LogP contribution in [0.2, 0.25) is 0 Å². The van der Waals surface area contributed by atoms with Crippen molar-refractivity contribution in [2.75, 3.05) is 18.8 Å². The minimum Gasteiger partial charge on any atom is -0.384 e. The average molecular weight is 331 g/mol. The standard InChI is InChI=1S/C16H21N5O3/c1-19-14(17)13(15(23)20(2)16(19)24)12(22)9-21-8-4-6-11(21)10-5-3-7-18-10/h3,5,7,11,18H,4,6,8-9,17H2,1-2H3/t11-/m0/s1. The number of aromatic nitrogens is 3. The molecule has 0 aromatic carbocycles. The first-order valence-electron chi connectivity index (χ1n) is 7.88. The molecule has 3 heterocycles. The van der Waals surface area contributed by atoms with Gasteiger partial charge in [0.2, 0.25) is 0 Å². The van der Waals surface area contributed by atoms with Crippen molar-refractivity contribution in [3.8, 4) is 0 Å². The number of H-pyrrole nitrogens is 1. The van der Waals surface area contributed by atoms with Crippen LogP contribution in [-0.4, -0.2) is 37.9 Å². The monoisotopic (exact) mass is 331 g/mol. The molecule has 1 fully saturated rings. The van der Waals surface area contributed by atoms with E-state index in [0.29, 0.717) is 0 Å². The average Bonchev–Trinajstić information content (AvgIpc) is 3.22. The Bertz CT molecular complexity index is 878. The minimum atomic E-state index is -0.642. The molecule has 128 valence electrons. The Morgan fingerprint density at radius 2 is 2.08 bits per heavy atom. The maximum absolute atomic E-state index is 12.7. The van der Waals surface area contributed by atoms with E-state index in [0.717, 1.165) is 34.2 Å². The lowest BCUT2D eigenvalue weighted by molar-refractivity contribution is 0.0918. The van der Waals surface area contributed by atoms with E-state index in [4.69, 9.17) is 5.73 Å². The number of nitrogens with zero attached hydrogens (tertiary/aromatic N) is 3. The topological polar surface area (TPSA) is 106 Å². The zero-order chi connectivity index (χ0) is 17.4. The van der Waals surface area contributed by atoms with Crippen molar-refractivity contribution >= 4 is 11.6 Å². The number of carbonyl (C=O) groups excluding carboxylic acids is 1. The molecular weight excluding hydrogens is 310 g/mol. The summed E-state index contributed by atoms with van der Waals surface area (Å²) in [6, 6.07) is 4.04. The molecule has 3 rings (SSSR count). The molecule has 2 aromatic heterocycles. The number of carbonyl (C=O) groups is 1. The van der Waals surface area contributed by atoms with Crippen LogP contribution in [0.1, 0.15) is 34.9 Å². The van der Waals surface area contributed by atoms with Crippen molar-refractivity contribution < 1.29 is 4.79 Å². The van der Waals surface area contributed by atoms with Crippen molar-refractivity contribution in [2.45, 2.75) is 18.9 Å². The number of likely N-dealkylation sites (tertiary alicyclic amines) is 1. The lowest BCUT2D eigenvalue weighted by Gasteiger charge is -2.23. The summed E-state index contributed by atoms with van der Waals surface area (Å²) in [5, 5.41) is 0. The van der Waals surface area contributed by atoms with Gasteiger partial charge in [0.15, 0.2) is 5.78 Å². The van der Waals surface area contributed by atoms with Crippen molar-refractivity contribution in [2.24, 2.45) is 14.1 Å². The smallest absolute Gasteiger partial charge is 0.332 e. The summed E-state index contributed by atoms with van der Waals surface area (Å²) in [7, 11) is 2.80. The van der Waals surface area contributed by atoms with E-state index in [9.17, 15) is 14.4 Å². The Morgan fingerprint density at radius 3 is 2.75 bits per heavy atom. The number of rotatable bonds is 4. The van der Waals surface area contributed by atoms with Crippen LogP contribution in [0.25, 0.3) is 0 Å². The first kappa shape index (κ1) is 16.3. The molecule has 0 bridgehead atoms. The zero-order valence-corrected chi connectivity index (χ0v) is 13.8. The zero-order valence-electron chi connectivity index (χ0n) is 13.8. The summed E-state index contributed by atoms with van der Waals surface area (Å²) in [6.45, 7) is 0.878. The Labute approximate surface area is 138 Å². The van der Waals surface area contributed by atoms with Gasteiger partial charge in [-0.3, -0.25) is 23.6 Å². The van der Waals surface area contributed by atoms with Gasteiger partial charge >= 0.3 is 5.69 Å². The molecule has 24 heavy (non-hydrogen) atoms. The second-order valence-corrected chi connectivity index (χ2v) is 6.14. The number of nitrogens with two attached hydrogens (primary N) is 1. The maximum atomic E-state index is 12.7. The van der Waals surface area contributed by atoms with Crippen LogP contribution in [0.4, 0.5) is 5.82 Å². The molecular formula is C16H21N5O3. The van der Waals surface area contributed by atoms with Gasteiger partial charge in [-0.1, -0.05) is 0 Å². The summed E-state index contributed by atoms with van der Waals surface area (Å²) in [5.74, 6) is -0.439. The Balaban J connectivity index is 1.91. The van der Waals surface area contributed by atoms with Gasteiger partial charge in [-0.2, -0.15) is 0 Å². The highest BCUT2D eigenvalue weighted by Gasteiger charge is 2.30. The molecule has 1 aliphatic rings. The third-order valence-electron chi connectivity index (χ3n) is 4.68. The highest BCUT2D eigenvalue weighted by molar-refractivity contribution is 6.01. The van der Waals surface area contributed by atoms with Gasteiger partial charge in [-0.25, -0.2) is 4.79 Å². The van der Waals surface area contributed by atoms with Gasteiger partial charge in [-0.15, -0.1) is 0 Å². The summed E-state index contributed by atoms with van der Waals surface area (Å²) >= 11 is 0. The lowest BCUT2D eigenvalue weighted by Crippen LogP contribution is -2.43. The van der Waals surface area contributed by atoms with E-state index in [1.54, 1.807) is 0 Å². The number of hydrogen-bond donors (Lipinski definition) is 2. The Morgan fingerprint density at radius 1 is 1.33 bits per heavy atom. The Kier molecular flexibility index (Phi) is 4.15. The van der Waals surface area contributed by atoms with Gasteiger partial charge in [0, 0.05) is 26.0 Å². The third-order valence-corrected chi connectivity index (χ3v) is 4.68. The lowest BCUT2D eigenvalue weighted by atomic mass is 10.1. The summed E-state index contributed by atoms with van der Waals surface area (Å²) in [5.41, 5.74) is 5.62. The fourth-order valence-electron chi connectivity index (χ4n) is 3.30. The predicted octanol–water partition coefficient (Wildman–Crippen LogP) is 0.0141. The van der Waals surface area contributed by atoms with E-state index in [-0.39, 0.29) is 29.8 Å². The largest absolute Gasteiger partial charge is 0.384 e. The number of nitrogens with one attached hydrogen (secondary N) is 1. The second kappa shape index (κ2) is 6.12. The SMILES string of the molecule is Cn1c(N)c(C(=O)CN2CCC[C@H]2c2ccc[nH]2)c(=O)n(C)c1=O. The van der Waals surface area contributed by atoms with E-state index < -0.39 is 11.2 Å². The van der Waals surface area contributed by atoms with Crippen molar-refractivity contribution in [3.05, 3.63) is 50.4 Å². The molecule has 8 heteroatoms. The number of ketones is 1. The fraction of sp³-hybridized carbons (Fsp3) is 0.438. The number of nitrogen functional groups attached to an aromatic ring is 1. The molecule has 3 N–H and O–H groups in total. The van der Waals surface area contributed by atoms with E-state index >= 15 is 0 Å². The van der Waals surface area contributed by atoms with Gasteiger partial charge in [-0.05, 0) is 31.5 Å². The summed E-state index contributed by atoms with van der Waals surface area (Å²) < 4.78 is 2.04. The van der Waals surface area contributed by atoms with Crippen LogP contribution in [0.3, 0.4) is 0 Å². The van der Waals surface area contributed by atoms with Crippen LogP contribution in [0.5, 0.6) is 0 Å². The number of hydrogen-bond acceptors (Lipinski definition) is 5. The predicted molar refractivity (Wildman–Crippen MR) is 90.0 cm³/mol. The van der Waals surface area contributed by atoms with Gasteiger partial charge < -0.3 is 10.7 Å². The number of Topliss-reactive ketones (excluding diaryl/α,β-unsaturated/α-hetero) is 1. The highest BCUT2D eigenvalue weighted by Crippen LogP contribution is 2.30. The van der Waals surface area contributed by atoms with Crippen LogP contribution in [0, 0.1) is 0 Å². The van der Waals surface area contributed by atoms with Crippen LogP contribution in [-0.2, 0) is 14.1 Å². The number of anilines is 1. The first-order valence-corrected chi connectivity index (χ1v) is 7.88. The number of aromatic amines is 1. The quantitative estimate of drug-likeness (QED) is 0.768. The van der Waals surface area contributed by atoms with Crippen LogP contribution < -0.4 is 17.0 Å². The molecule has 8 nitrogen and oxygen atoms in total. The van der Waals surface area contributed by atoms with Crippen molar-refractivity contribution in [3.63, 3.8) is 0 Å². The van der Waals surface area contributed by atoms with Gasteiger partial charge in [0.05, 0.1) is 12.6 Å². The molecule has 2 aromatic rings. The highest BCUT2D eigenvalue weighted by atomic mass is 16.2. The van der Waals surface area contributed by atoms with E-state index in [1.165, 1.54) is 14.1 Å². The molecule has 0 aliphatic carbocycles. The first-order chi connectivity index (χ1) is 11.4. The van der Waals surface area contributed by atoms with Crippen LogP contribution >= 0.6 is 0 Å². The molecule has 0 saturated carbocycles. The maximum Gasteiger partial charge on any atom is 0.332 e. The molecule has 0 radical (unpaired) electrons. The normalized spacial score (nSPS) is 18.2. The van der Waals surface area contributed by atoms with Crippen molar-refractivity contribution in [1.29, 1.82) is 0 Å². The minimum absolute atomic E-state index is 0.0799. The molecule has 0 unspecified atom stereocenters. The molecule has 1 atom stereocenters. The van der Waals surface area contributed by atoms with Crippen molar-refractivity contribution in [1.82, 2.24) is 19.0 Å². The summed E-state index contributed by atoms with van der Waals surface area (Å²) in [4.78, 5) is 42.1. The molecule has 0 amide bonds. The summed E-state index contributed by atoms with van der Waals surface area (Å²) in [6.07, 6.45) is 3.79. The molecule has 1 saturated heterocycles. The molecule has 1 aliphatic heterocycles. The fourth-order valence-corrected chi connectivity index (χ4v) is 3.30. The van der Waals surface area contributed by atoms with Crippen LogP contribution in [0.15, 0.2) is 27.9 Å². The van der Waals surface area contributed by atoms with E-state index in [2.05, 4.69) is 4.98 Å². The van der Waals surface area contributed by atoms with Gasteiger partial charge in [0.25, 0.3) is 5.56 Å². The van der Waals surface area contributed by atoms with E-state index in [1.807, 2.05) is 23.2 Å². The molecule has 0 spiro atoms. The Hall–Kier alpha value is -2.61. The second-order valence-electron chi connectivity index (χ2n) is 6.14. The third kappa shape index (κ3) is 2.58. The van der Waals surface area contributed by atoms with Gasteiger partial charge in [0.1, 0.15) is 11.4 Å².